The van der Waals surface area contributed by atoms with E-state index >= 15 is 0 Å². The fourth-order valence-corrected chi connectivity index (χ4v) is 3.33. The summed E-state index contributed by atoms with van der Waals surface area (Å²) in [6, 6.07) is 13.1. The molecular weight excluding hydrogens is 408 g/mol. The van der Waals surface area contributed by atoms with Gasteiger partial charge in [0.15, 0.2) is 11.5 Å². The SMILES string of the molecule is COc1cc(-c2nnc(SCc3nc(-c4ccccc4)no3)o2)cc(OC)c1OC. The number of methoxy groups -OCH3 is 3. The molecule has 0 saturated heterocycles. The first-order valence-corrected chi connectivity index (χ1v) is 9.85. The second-order valence-corrected chi connectivity index (χ2v) is 6.88. The fraction of sp³-hybridized carbons (Fsp3) is 0.200. The molecule has 0 bridgehead atoms. The van der Waals surface area contributed by atoms with Gasteiger partial charge in [0.2, 0.25) is 23.4 Å². The van der Waals surface area contributed by atoms with E-state index in [-0.39, 0.29) is 0 Å². The molecule has 4 aromatic rings. The van der Waals surface area contributed by atoms with Gasteiger partial charge in [-0.15, -0.1) is 10.2 Å². The highest BCUT2D eigenvalue weighted by Crippen LogP contribution is 2.41. The van der Waals surface area contributed by atoms with Crippen LogP contribution in [0.1, 0.15) is 5.89 Å². The summed E-state index contributed by atoms with van der Waals surface area (Å²) in [4.78, 5) is 4.39. The minimum Gasteiger partial charge on any atom is -0.493 e. The van der Waals surface area contributed by atoms with Gasteiger partial charge in [0.25, 0.3) is 5.22 Å². The normalized spacial score (nSPS) is 10.8. The molecule has 154 valence electrons. The van der Waals surface area contributed by atoms with Gasteiger partial charge in [-0.3, -0.25) is 0 Å². The van der Waals surface area contributed by atoms with E-state index in [1.807, 2.05) is 30.3 Å². The van der Waals surface area contributed by atoms with E-state index in [0.717, 1.165) is 5.56 Å². The van der Waals surface area contributed by atoms with E-state index < -0.39 is 0 Å². The average molecular weight is 426 g/mol. The summed E-state index contributed by atoms with van der Waals surface area (Å²) in [6.45, 7) is 0. The van der Waals surface area contributed by atoms with Crippen molar-refractivity contribution in [2.24, 2.45) is 0 Å². The molecule has 0 fully saturated rings. The summed E-state index contributed by atoms with van der Waals surface area (Å²) in [5, 5.41) is 12.5. The van der Waals surface area contributed by atoms with Crippen LogP contribution < -0.4 is 14.2 Å². The Bertz CT molecular complexity index is 1100. The van der Waals surface area contributed by atoms with Crippen LogP contribution in [-0.4, -0.2) is 41.7 Å². The van der Waals surface area contributed by atoms with Crippen LogP contribution in [0.25, 0.3) is 22.8 Å². The maximum Gasteiger partial charge on any atom is 0.277 e. The van der Waals surface area contributed by atoms with Gasteiger partial charge in [0, 0.05) is 11.1 Å². The molecule has 10 heteroatoms. The highest BCUT2D eigenvalue weighted by Gasteiger charge is 2.18. The summed E-state index contributed by atoms with van der Waals surface area (Å²) in [7, 11) is 4.64. The van der Waals surface area contributed by atoms with Gasteiger partial charge in [-0.1, -0.05) is 47.3 Å². The Kier molecular flexibility index (Phi) is 5.84. The van der Waals surface area contributed by atoms with Crippen LogP contribution in [0, 0.1) is 0 Å². The average Bonchev–Trinajstić information content (AvgIpc) is 3.47. The quantitative estimate of drug-likeness (QED) is 0.382. The van der Waals surface area contributed by atoms with E-state index in [1.165, 1.54) is 11.8 Å². The summed E-state index contributed by atoms with van der Waals surface area (Å²) in [5.74, 6) is 3.21. The molecule has 30 heavy (non-hydrogen) atoms. The maximum absolute atomic E-state index is 5.75. The van der Waals surface area contributed by atoms with Gasteiger partial charge >= 0.3 is 0 Å². The van der Waals surface area contributed by atoms with Crippen LogP contribution >= 0.6 is 11.8 Å². The molecule has 0 amide bonds. The van der Waals surface area contributed by atoms with E-state index in [4.69, 9.17) is 23.2 Å². The molecule has 4 rings (SSSR count). The first kappa shape index (κ1) is 19.8. The van der Waals surface area contributed by atoms with Crippen LogP contribution in [-0.2, 0) is 5.75 Å². The van der Waals surface area contributed by atoms with Crippen molar-refractivity contribution in [3.63, 3.8) is 0 Å². The van der Waals surface area contributed by atoms with E-state index in [2.05, 4.69) is 20.3 Å². The largest absolute Gasteiger partial charge is 0.493 e. The monoisotopic (exact) mass is 426 g/mol. The van der Waals surface area contributed by atoms with Gasteiger partial charge in [-0.2, -0.15) is 4.98 Å². The van der Waals surface area contributed by atoms with Crippen molar-refractivity contribution >= 4 is 11.8 Å². The van der Waals surface area contributed by atoms with Crippen LogP contribution in [0.4, 0.5) is 0 Å². The third-order valence-electron chi connectivity index (χ3n) is 4.14. The minimum atomic E-state index is 0.326. The van der Waals surface area contributed by atoms with Gasteiger partial charge in [0.1, 0.15) is 0 Å². The fourth-order valence-electron chi connectivity index (χ4n) is 2.73. The van der Waals surface area contributed by atoms with Crippen molar-refractivity contribution in [1.82, 2.24) is 20.3 Å². The first-order chi connectivity index (χ1) is 14.7. The molecule has 0 saturated carbocycles. The number of ether oxygens (including phenoxy) is 3. The van der Waals surface area contributed by atoms with Crippen molar-refractivity contribution in [3.05, 3.63) is 48.4 Å². The lowest BCUT2D eigenvalue weighted by molar-refractivity contribution is 0.324. The molecule has 9 nitrogen and oxygen atoms in total. The van der Waals surface area contributed by atoms with E-state index in [0.29, 0.717) is 51.4 Å². The van der Waals surface area contributed by atoms with E-state index in [9.17, 15) is 0 Å². The van der Waals surface area contributed by atoms with Gasteiger partial charge in [-0.05, 0) is 12.1 Å². The molecule has 0 unspecified atom stereocenters. The van der Waals surface area contributed by atoms with Crippen molar-refractivity contribution in [2.45, 2.75) is 11.0 Å². The number of aromatic nitrogens is 4. The molecule has 2 aromatic heterocycles. The zero-order valence-corrected chi connectivity index (χ0v) is 17.3. The predicted octanol–water partition coefficient (Wildman–Crippen LogP) is 4.10. The van der Waals surface area contributed by atoms with Crippen molar-refractivity contribution in [3.8, 4) is 40.1 Å². The summed E-state index contributed by atoms with van der Waals surface area (Å²) in [5.41, 5.74) is 1.54. The Morgan fingerprint density at radius 2 is 1.63 bits per heavy atom. The maximum atomic E-state index is 5.75. The van der Waals surface area contributed by atoms with Gasteiger partial charge in [0.05, 0.1) is 27.1 Å². The molecule has 2 aromatic carbocycles. The zero-order valence-electron chi connectivity index (χ0n) is 16.5. The highest BCUT2D eigenvalue weighted by atomic mass is 32.2. The summed E-state index contributed by atoms with van der Waals surface area (Å²) >= 11 is 1.30. The molecule has 0 atom stereocenters. The van der Waals surface area contributed by atoms with Crippen molar-refractivity contribution in [2.75, 3.05) is 21.3 Å². The van der Waals surface area contributed by atoms with Gasteiger partial charge < -0.3 is 23.2 Å². The van der Waals surface area contributed by atoms with Crippen molar-refractivity contribution < 1.29 is 23.2 Å². The second-order valence-electron chi connectivity index (χ2n) is 5.95. The Morgan fingerprint density at radius 1 is 0.900 bits per heavy atom. The molecule has 0 N–H and O–H groups in total. The number of benzene rings is 2. The van der Waals surface area contributed by atoms with Crippen LogP contribution in [0.2, 0.25) is 0 Å². The lowest BCUT2D eigenvalue weighted by Crippen LogP contribution is -1.95. The first-order valence-electron chi connectivity index (χ1n) is 8.86. The molecule has 0 spiro atoms. The van der Waals surface area contributed by atoms with E-state index in [1.54, 1.807) is 33.5 Å². The van der Waals surface area contributed by atoms with Crippen LogP contribution in [0.15, 0.2) is 56.6 Å². The predicted molar refractivity (Wildman–Crippen MR) is 109 cm³/mol. The van der Waals surface area contributed by atoms with Crippen LogP contribution in [0.3, 0.4) is 0 Å². The highest BCUT2D eigenvalue weighted by molar-refractivity contribution is 7.98. The third kappa shape index (κ3) is 4.08. The zero-order chi connectivity index (χ0) is 20.9. The van der Waals surface area contributed by atoms with Crippen LogP contribution in [0.5, 0.6) is 17.2 Å². The lowest BCUT2D eigenvalue weighted by Gasteiger charge is -2.12. The number of rotatable bonds is 8. The summed E-state index contributed by atoms with van der Waals surface area (Å²) in [6.07, 6.45) is 0. The molecular formula is C20H18N4O5S. The van der Waals surface area contributed by atoms with Gasteiger partial charge in [-0.25, -0.2) is 0 Å². The topological polar surface area (TPSA) is 106 Å². The Morgan fingerprint density at radius 3 is 2.30 bits per heavy atom. The molecule has 0 aliphatic carbocycles. The smallest absolute Gasteiger partial charge is 0.277 e. The molecule has 2 heterocycles. The minimum absolute atomic E-state index is 0.326. The number of nitrogens with zero attached hydrogens (tertiary/aromatic N) is 4. The number of hydrogen-bond acceptors (Lipinski definition) is 10. The van der Waals surface area contributed by atoms with Crippen molar-refractivity contribution in [1.29, 1.82) is 0 Å². The molecule has 0 aliphatic rings. The number of hydrogen-bond donors (Lipinski definition) is 0. The molecule has 0 aliphatic heterocycles. The third-order valence-corrected chi connectivity index (χ3v) is 4.94. The summed E-state index contributed by atoms with van der Waals surface area (Å²) < 4.78 is 27.1. The lowest BCUT2D eigenvalue weighted by atomic mass is 10.2. The Hall–Kier alpha value is -3.53. The second kappa shape index (κ2) is 8.87. The standard InChI is InChI=1S/C20H18N4O5S/c1-25-14-9-13(10-15(26-2)17(14)27-3)19-22-23-20(28-19)30-11-16-21-18(24-29-16)12-7-5-4-6-8-12/h4-10H,11H2,1-3H3. The Balaban J connectivity index is 1.48. The number of thioether (sulfide) groups is 1. The molecule has 0 radical (unpaired) electrons. The Labute approximate surface area is 176 Å².